The van der Waals surface area contributed by atoms with Gasteiger partial charge in [-0.15, -0.1) is 0 Å². The van der Waals surface area contributed by atoms with Crippen molar-refractivity contribution in [2.24, 2.45) is 0 Å². The van der Waals surface area contributed by atoms with E-state index in [0.29, 0.717) is 18.7 Å². The number of rotatable bonds is 8. The molecule has 25 heavy (non-hydrogen) atoms. The number of fused-ring (bicyclic) bond motifs is 1. The quantitative estimate of drug-likeness (QED) is 0.638. The largest absolute Gasteiger partial charge is 0.494 e. The van der Waals surface area contributed by atoms with Gasteiger partial charge in [-0.25, -0.2) is 4.98 Å². The van der Waals surface area contributed by atoms with Crippen LogP contribution in [0, 0.1) is 0 Å². The van der Waals surface area contributed by atoms with E-state index < -0.39 is 0 Å². The van der Waals surface area contributed by atoms with Crippen LogP contribution in [0.5, 0.6) is 5.75 Å². The van der Waals surface area contributed by atoms with E-state index in [1.165, 1.54) is 0 Å². The van der Waals surface area contributed by atoms with Gasteiger partial charge in [-0.05, 0) is 49.2 Å². The molecule has 1 aromatic heterocycles. The van der Waals surface area contributed by atoms with Crippen molar-refractivity contribution in [3.05, 3.63) is 60.4 Å². The standard InChI is InChI=1S/C20H23N3O2/c1-2-14-25-17-10-8-16(9-11-17)20(24)21-12-5-13-23-15-22-18-6-3-4-7-19(18)23/h3-4,6-11,15H,2,5,12-14H2,1H3,(H,21,24). The number of ether oxygens (including phenoxy) is 1. The highest BCUT2D eigenvalue weighted by molar-refractivity contribution is 5.94. The number of benzene rings is 2. The second kappa shape index (κ2) is 8.33. The number of aromatic nitrogens is 2. The molecule has 1 amide bonds. The lowest BCUT2D eigenvalue weighted by Gasteiger charge is -2.08. The van der Waals surface area contributed by atoms with Crippen molar-refractivity contribution in [2.45, 2.75) is 26.3 Å². The molecule has 0 unspecified atom stereocenters. The van der Waals surface area contributed by atoms with Crippen LogP contribution in [-0.2, 0) is 6.54 Å². The van der Waals surface area contributed by atoms with Gasteiger partial charge < -0.3 is 14.6 Å². The first-order valence-corrected chi connectivity index (χ1v) is 8.69. The summed E-state index contributed by atoms with van der Waals surface area (Å²) in [6, 6.07) is 15.3. The maximum absolute atomic E-state index is 12.2. The van der Waals surface area contributed by atoms with Crippen molar-refractivity contribution in [3.63, 3.8) is 0 Å². The van der Waals surface area contributed by atoms with Crippen LogP contribution in [0.1, 0.15) is 30.1 Å². The third-order valence-corrected chi connectivity index (χ3v) is 3.98. The Hall–Kier alpha value is -2.82. The van der Waals surface area contributed by atoms with E-state index in [1.54, 1.807) is 12.1 Å². The molecule has 0 aliphatic carbocycles. The first kappa shape index (κ1) is 17.0. The minimum Gasteiger partial charge on any atom is -0.494 e. The first-order valence-electron chi connectivity index (χ1n) is 8.69. The smallest absolute Gasteiger partial charge is 0.251 e. The van der Waals surface area contributed by atoms with Gasteiger partial charge in [0.25, 0.3) is 5.91 Å². The molecule has 2 aromatic carbocycles. The topological polar surface area (TPSA) is 56.1 Å². The van der Waals surface area contributed by atoms with E-state index in [0.717, 1.165) is 36.2 Å². The minimum absolute atomic E-state index is 0.0578. The van der Waals surface area contributed by atoms with E-state index in [-0.39, 0.29) is 5.91 Å². The number of nitrogens with one attached hydrogen (secondary N) is 1. The molecular weight excluding hydrogens is 314 g/mol. The lowest BCUT2D eigenvalue weighted by atomic mass is 10.2. The Balaban J connectivity index is 1.46. The molecule has 0 fully saturated rings. The molecule has 5 heteroatoms. The van der Waals surface area contributed by atoms with E-state index in [2.05, 4.69) is 27.9 Å². The summed E-state index contributed by atoms with van der Waals surface area (Å²) in [6.45, 7) is 4.20. The average Bonchev–Trinajstić information content (AvgIpc) is 3.07. The Kier molecular flexibility index (Phi) is 5.67. The van der Waals surface area contributed by atoms with Crippen LogP contribution >= 0.6 is 0 Å². The molecule has 0 spiro atoms. The van der Waals surface area contributed by atoms with Crippen LogP contribution in [0.4, 0.5) is 0 Å². The predicted octanol–water partition coefficient (Wildman–Crippen LogP) is 3.65. The summed E-state index contributed by atoms with van der Waals surface area (Å²) < 4.78 is 7.64. The Labute approximate surface area is 147 Å². The van der Waals surface area contributed by atoms with Gasteiger partial charge in [0.1, 0.15) is 5.75 Å². The van der Waals surface area contributed by atoms with Gasteiger partial charge in [-0.1, -0.05) is 19.1 Å². The number of hydrogen-bond acceptors (Lipinski definition) is 3. The van der Waals surface area contributed by atoms with Crippen LogP contribution < -0.4 is 10.1 Å². The van der Waals surface area contributed by atoms with Gasteiger partial charge >= 0.3 is 0 Å². The van der Waals surface area contributed by atoms with E-state index in [9.17, 15) is 4.79 Å². The maximum atomic E-state index is 12.2. The average molecular weight is 337 g/mol. The summed E-state index contributed by atoms with van der Waals surface area (Å²) in [5.41, 5.74) is 2.77. The number of carbonyl (C=O) groups is 1. The van der Waals surface area contributed by atoms with Gasteiger partial charge in [0.2, 0.25) is 0 Å². The summed E-state index contributed by atoms with van der Waals surface area (Å²) in [7, 11) is 0. The van der Waals surface area contributed by atoms with Crippen molar-refractivity contribution in [1.82, 2.24) is 14.9 Å². The second-order valence-electron chi connectivity index (χ2n) is 5.91. The van der Waals surface area contributed by atoms with E-state index in [1.807, 2.05) is 36.7 Å². The summed E-state index contributed by atoms with van der Waals surface area (Å²) in [4.78, 5) is 16.5. The Morgan fingerprint density at radius 2 is 1.96 bits per heavy atom. The number of hydrogen-bond donors (Lipinski definition) is 1. The molecule has 1 N–H and O–H groups in total. The summed E-state index contributed by atoms with van der Waals surface area (Å²) in [6.07, 6.45) is 3.67. The van der Waals surface area contributed by atoms with Crippen molar-refractivity contribution in [3.8, 4) is 5.75 Å². The zero-order chi connectivity index (χ0) is 17.5. The molecule has 1 heterocycles. The lowest BCUT2D eigenvalue weighted by molar-refractivity contribution is 0.0952. The van der Waals surface area contributed by atoms with Crippen LogP contribution in [0.25, 0.3) is 11.0 Å². The Morgan fingerprint density at radius 1 is 1.16 bits per heavy atom. The molecule has 0 saturated heterocycles. The second-order valence-corrected chi connectivity index (χ2v) is 5.91. The molecule has 130 valence electrons. The molecule has 3 rings (SSSR count). The number of aryl methyl sites for hydroxylation is 1. The highest BCUT2D eigenvalue weighted by Crippen LogP contribution is 2.13. The van der Waals surface area contributed by atoms with Crippen LogP contribution in [0.2, 0.25) is 0 Å². The maximum Gasteiger partial charge on any atom is 0.251 e. The Morgan fingerprint density at radius 3 is 2.76 bits per heavy atom. The van der Waals surface area contributed by atoms with Gasteiger partial charge in [0.05, 0.1) is 24.0 Å². The molecule has 0 aliphatic rings. The molecule has 0 atom stereocenters. The third-order valence-electron chi connectivity index (χ3n) is 3.98. The lowest BCUT2D eigenvalue weighted by Crippen LogP contribution is -2.25. The normalized spacial score (nSPS) is 10.8. The fraction of sp³-hybridized carbons (Fsp3) is 0.300. The summed E-state index contributed by atoms with van der Waals surface area (Å²) >= 11 is 0. The Bertz CT molecular complexity index is 824. The van der Waals surface area contributed by atoms with Crippen LogP contribution in [0.15, 0.2) is 54.9 Å². The first-order chi connectivity index (χ1) is 12.3. The number of amides is 1. The highest BCUT2D eigenvalue weighted by atomic mass is 16.5. The van der Waals surface area contributed by atoms with Crippen molar-refractivity contribution >= 4 is 16.9 Å². The fourth-order valence-electron chi connectivity index (χ4n) is 2.66. The zero-order valence-electron chi connectivity index (χ0n) is 14.4. The molecule has 3 aromatic rings. The van der Waals surface area contributed by atoms with Crippen molar-refractivity contribution in [1.29, 1.82) is 0 Å². The zero-order valence-corrected chi connectivity index (χ0v) is 14.4. The van der Waals surface area contributed by atoms with Crippen molar-refractivity contribution < 1.29 is 9.53 Å². The van der Waals surface area contributed by atoms with Crippen molar-refractivity contribution in [2.75, 3.05) is 13.2 Å². The summed E-state index contributed by atoms with van der Waals surface area (Å²) in [5.74, 6) is 0.739. The summed E-state index contributed by atoms with van der Waals surface area (Å²) in [5, 5.41) is 2.96. The molecule has 0 aliphatic heterocycles. The highest BCUT2D eigenvalue weighted by Gasteiger charge is 2.06. The molecule has 5 nitrogen and oxygen atoms in total. The third kappa shape index (κ3) is 4.38. The predicted molar refractivity (Wildman–Crippen MR) is 98.9 cm³/mol. The molecule has 0 saturated carbocycles. The SMILES string of the molecule is CCCOc1ccc(C(=O)NCCCn2cnc3ccccc32)cc1. The number of imidazole rings is 1. The van der Waals surface area contributed by atoms with Gasteiger partial charge in [-0.3, -0.25) is 4.79 Å². The molecule has 0 radical (unpaired) electrons. The number of para-hydroxylation sites is 2. The molecular formula is C20H23N3O2. The fourth-order valence-corrected chi connectivity index (χ4v) is 2.66. The number of carbonyl (C=O) groups excluding carboxylic acids is 1. The van der Waals surface area contributed by atoms with Gasteiger partial charge in [0, 0.05) is 18.7 Å². The van der Waals surface area contributed by atoms with Crippen LogP contribution in [0.3, 0.4) is 0 Å². The van der Waals surface area contributed by atoms with E-state index >= 15 is 0 Å². The molecule has 0 bridgehead atoms. The van der Waals surface area contributed by atoms with Gasteiger partial charge in [0.15, 0.2) is 0 Å². The van der Waals surface area contributed by atoms with Gasteiger partial charge in [-0.2, -0.15) is 0 Å². The monoisotopic (exact) mass is 337 g/mol. The van der Waals surface area contributed by atoms with E-state index in [4.69, 9.17) is 4.74 Å². The minimum atomic E-state index is -0.0578. The number of nitrogens with zero attached hydrogens (tertiary/aromatic N) is 2. The van der Waals surface area contributed by atoms with Crippen LogP contribution in [-0.4, -0.2) is 28.6 Å².